The van der Waals surface area contributed by atoms with Gasteiger partial charge < -0.3 is 9.84 Å². The number of carbonyl (C=O) groups is 1. The van der Waals surface area contributed by atoms with Gasteiger partial charge in [-0.3, -0.25) is 0 Å². The van der Waals surface area contributed by atoms with Gasteiger partial charge in [0.25, 0.3) is 0 Å². The van der Waals surface area contributed by atoms with Gasteiger partial charge in [0.1, 0.15) is 18.2 Å². The van der Waals surface area contributed by atoms with Crippen LogP contribution in [-0.4, -0.2) is 11.1 Å². The van der Waals surface area contributed by atoms with Crippen molar-refractivity contribution >= 4 is 21.9 Å². The number of aryl methyl sites for hydroxylation is 1. The maximum Gasteiger partial charge on any atom is 0.335 e. The maximum absolute atomic E-state index is 13.1. The largest absolute Gasteiger partial charge is 0.489 e. The lowest BCUT2D eigenvalue weighted by molar-refractivity contribution is 0.0696. The van der Waals surface area contributed by atoms with E-state index in [1.54, 1.807) is 25.1 Å². The van der Waals surface area contributed by atoms with E-state index in [0.717, 1.165) is 4.47 Å². The summed E-state index contributed by atoms with van der Waals surface area (Å²) in [4.78, 5) is 10.9. The first-order chi connectivity index (χ1) is 9.47. The third-order valence-electron chi connectivity index (χ3n) is 2.83. The third-order valence-corrected chi connectivity index (χ3v) is 3.60. The molecule has 20 heavy (non-hydrogen) atoms. The quantitative estimate of drug-likeness (QED) is 0.909. The summed E-state index contributed by atoms with van der Waals surface area (Å²) < 4.78 is 19.5. The summed E-state index contributed by atoms with van der Waals surface area (Å²) in [6, 6.07) is 9.10. The molecule has 2 rings (SSSR count). The number of rotatable bonds is 4. The van der Waals surface area contributed by atoms with Crippen LogP contribution in [-0.2, 0) is 6.61 Å². The van der Waals surface area contributed by atoms with E-state index in [1.807, 2.05) is 0 Å². The number of benzene rings is 2. The summed E-state index contributed by atoms with van der Waals surface area (Å²) in [7, 11) is 0. The number of aromatic carboxylic acids is 1. The minimum atomic E-state index is -0.970. The molecular weight excluding hydrogens is 327 g/mol. The van der Waals surface area contributed by atoms with Gasteiger partial charge in [0, 0.05) is 10.0 Å². The van der Waals surface area contributed by atoms with Crippen molar-refractivity contribution < 1.29 is 19.0 Å². The van der Waals surface area contributed by atoms with E-state index in [4.69, 9.17) is 9.84 Å². The predicted molar refractivity (Wildman–Crippen MR) is 76.6 cm³/mol. The Morgan fingerprint density at radius 1 is 1.30 bits per heavy atom. The normalized spacial score (nSPS) is 10.3. The standard InChI is InChI=1S/C15H12BrFO3/c1-9-6-12(3-4-13(9)15(18)19)20-8-10-7-11(17)2-5-14(10)16/h2-7H,8H2,1H3,(H,18,19). The summed E-state index contributed by atoms with van der Waals surface area (Å²) in [5.74, 6) is -0.755. The molecule has 0 radical (unpaired) electrons. The molecule has 0 unspecified atom stereocenters. The van der Waals surface area contributed by atoms with Gasteiger partial charge >= 0.3 is 5.97 Å². The summed E-state index contributed by atoms with van der Waals surface area (Å²) in [6.07, 6.45) is 0. The minimum absolute atomic E-state index is 0.199. The first-order valence-electron chi connectivity index (χ1n) is 5.88. The van der Waals surface area contributed by atoms with Crippen LogP contribution < -0.4 is 4.74 Å². The molecule has 0 spiro atoms. The highest BCUT2D eigenvalue weighted by molar-refractivity contribution is 9.10. The minimum Gasteiger partial charge on any atom is -0.489 e. The van der Waals surface area contributed by atoms with Gasteiger partial charge in [0.2, 0.25) is 0 Å². The van der Waals surface area contributed by atoms with Crippen molar-refractivity contribution in [1.29, 1.82) is 0 Å². The predicted octanol–water partition coefficient (Wildman–Crippen LogP) is 4.17. The van der Waals surface area contributed by atoms with Crippen LogP contribution in [0.3, 0.4) is 0 Å². The molecule has 1 N–H and O–H groups in total. The van der Waals surface area contributed by atoms with Crippen molar-refractivity contribution in [2.75, 3.05) is 0 Å². The van der Waals surface area contributed by atoms with E-state index < -0.39 is 5.97 Å². The van der Waals surface area contributed by atoms with E-state index >= 15 is 0 Å². The lowest BCUT2D eigenvalue weighted by Gasteiger charge is -2.10. The number of hydrogen-bond donors (Lipinski definition) is 1. The van der Waals surface area contributed by atoms with E-state index in [9.17, 15) is 9.18 Å². The highest BCUT2D eigenvalue weighted by Gasteiger charge is 2.08. The van der Waals surface area contributed by atoms with Gasteiger partial charge in [0.15, 0.2) is 0 Å². The summed E-state index contributed by atoms with van der Waals surface area (Å²) in [5, 5.41) is 8.94. The van der Waals surface area contributed by atoms with Crippen molar-refractivity contribution in [1.82, 2.24) is 0 Å². The van der Waals surface area contributed by atoms with Crippen molar-refractivity contribution in [3.63, 3.8) is 0 Å². The van der Waals surface area contributed by atoms with Crippen molar-refractivity contribution in [3.05, 3.63) is 63.4 Å². The van der Waals surface area contributed by atoms with Gasteiger partial charge in [-0.05, 0) is 48.9 Å². The SMILES string of the molecule is Cc1cc(OCc2cc(F)ccc2Br)ccc1C(=O)O. The summed E-state index contributed by atoms with van der Waals surface area (Å²) >= 11 is 3.32. The average Bonchev–Trinajstić information content (AvgIpc) is 2.39. The molecular formula is C15H12BrFO3. The molecule has 0 fully saturated rings. The molecule has 0 saturated heterocycles. The topological polar surface area (TPSA) is 46.5 Å². The van der Waals surface area contributed by atoms with Crippen molar-refractivity contribution in [3.8, 4) is 5.75 Å². The second kappa shape index (κ2) is 6.05. The lowest BCUT2D eigenvalue weighted by Crippen LogP contribution is -2.01. The molecule has 2 aromatic carbocycles. The van der Waals surface area contributed by atoms with Crippen LogP contribution in [0.2, 0.25) is 0 Å². The van der Waals surface area contributed by atoms with Gasteiger partial charge in [-0.1, -0.05) is 15.9 Å². The molecule has 0 aliphatic carbocycles. The highest BCUT2D eigenvalue weighted by atomic mass is 79.9. The Bertz CT molecular complexity index is 656. The number of hydrogen-bond acceptors (Lipinski definition) is 2. The lowest BCUT2D eigenvalue weighted by atomic mass is 10.1. The fourth-order valence-electron chi connectivity index (χ4n) is 1.78. The molecule has 0 heterocycles. The zero-order chi connectivity index (χ0) is 14.7. The van der Waals surface area contributed by atoms with E-state index in [-0.39, 0.29) is 18.0 Å². The Kier molecular flexibility index (Phi) is 4.39. The Morgan fingerprint density at radius 2 is 2.05 bits per heavy atom. The number of carboxylic acid groups (broad SMARTS) is 1. The first kappa shape index (κ1) is 14.5. The van der Waals surface area contributed by atoms with Crippen LogP contribution in [0, 0.1) is 12.7 Å². The number of ether oxygens (including phenoxy) is 1. The van der Waals surface area contributed by atoms with Crippen LogP contribution in [0.4, 0.5) is 4.39 Å². The Hall–Kier alpha value is -1.88. The van der Waals surface area contributed by atoms with Gasteiger partial charge in [-0.15, -0.1) is 0 Å². The Labute approximate surface area is 124 Å². The number of carboxylic acids is 1. The van der Waals surface area contributed by atoms with Crippen LogP contribution in [0.15, 0.2) is 40.9 Å². The van der Waals surface area contributed by atoms with Crippen LogP contribution in [0.25, 0.3) is 0 Å². The average molecular weight is 339 g/mol. The molecule has 0 atom stereocenters. The fraction of sp³-hybridized carbons (Fsp3) is 0.133. The van der Waals surface area contributed by atoms with E-state index in [1.165, 1.54) is 18.2 Å². The first-order valence-corrected chi connectivity index (χ1v) is 6.67. The zero-order valence-corrected chi connectivity index (χ0v) is 12.3. The molecule has 0 bridgehead atoms. The Morgan fingerprint density at radius 3 is 2.70 bits per heavy atom. The molecule has 0 amide bonds. The summed E-state index contributed by atoms with van der Waals surface area (Å²) in [5.41, 5.74) is 1.54. The van der Waals surface area contributed by atoms with E-state index in [2.05, 4.69) is 15.9 Å². The molecule has 0 aliphatic heterocycles. The second-order valence-electron chi connectivity index (χ2n) is 4.31. The van der Waals surface area contributed by atoms with Gasteiger partial charge in [-0.25, -0.2) is 9.18 Å². The molecule has 0 aliphatic rings. The maximum atomic E-state index is 13.1. The van der Waals surface area contributed by atoms with Crippen LogP contribution in [0.5, 0.6) is 5.75 Å². The second-order valence-corrected chi connectivity index (χ2v) is 5.16. The smallest absolute Gasteiger partial charge is 0.335 e. The monoisotopic (exact) mass is 338 g/mol. The van der Waals surface area contributed by atoms with Gasteiger partial charge in [0.05, 0.1) is 5.56 Å². The van der Waals surface area contributed by atoms with Crippen molar-refractivity contribution in [2.45, 2.75) is 13.5 Å². The molecule has 2 aromatic rings. The number of halogens is 2. The third kappa shape index (κ3) is 3.36. The van der Waals surface area contributed by atoms with Crippen LogP contribution in [0.1, 0.15) is 21.5 Å². The zero-order valence-electron chi connectivity index (χ0n) is 10.7. The van der Waals surface area contributed by atoms with Crippen LogP contribution >= 0.6 is 15.9 Å². The molecule has 5 heteroatoms. The molecule has 3 nitrogen and oxygen atoms in total. The fourth-order valence-corrected chi connectivity index (χ4v) is 2.14. The highest BCUT2D eigenvalue weighted by Crippen LogP contribution is 2.22. The molecule has 104 valence electrons. The van der Waals surface area contributed by atoms with Gasteiger partial charge in [-0.2, -0.15) is 0 Å². The molecule has 0 saturated carbocycles. The van der Waals surface area contributed by atoms with E-state index in [0.29, 0.717) is 16.9 Å². The van der Waals surface area contributed by atoms with Crippen molar-refractivity contribution in [2.24, 2.45) is 0 Å². The molecule has 0 aromatic heterocycles. The Balaban J connectivity index is 2.13. The summed E-state index contributed by atoms with van der Waals surface area (Å²) in [6.45, 7) is 1.90.